The molecule has 27 heavy (non-hydrogen) atoms. The minimum absolute atomic E-state index is 0.0756. The first-order chi connectivity index (χ1) is 12.9. The zero-order chi connectivity index (χ0) is 19.4. The zero-order valence-electron chi connectivity index (χ0n) is 15.0. The van der Waals surface area contributed by atoms with Gasteiger partial charge >= 0.3 is 0 Å². The Kier molecular flexibility index (Phi) is 6.29. The highest BCUT2D eigenvalue weighted by molar-refractivity contribution is 8.00. The van der Waals surface area contributed by atoms with Crippen LogP contribution in [0.5, 0.6) is 5.75 Å². The summed E-state index contributed by atoms with van der Waals surface area (Å²) in [7, 11) is 0. The van der Waals surface area contributed by atoms with E-state index in [2.05, 4.69) is 0 Å². The second kappa shape index (κ2) is 8.67. The SMILES string of the molecule is CC(Sc1ccc(Cl)cc1)C(=O)N1CCN(C(=O)c2ccc(O)cc2)CC1. The van der Waals surface area contributed by atoms with Gasteiger partial charge in [-0.25, -0.2) is 0 Å². The van der Waals surface area contributed by atoms with Crippen molar-refractivity contribution in [2.45, 2.75) is 17.1 Å². The van der Waals surface area contributed by atoms with E-state index in [4.69, 9.17) is 11.6 Å². The fourth-order valence-electron chi connectivity index (χ4n) is 2.94. The van der Waals surface area contributed by atoms with Crippen molar-refractivity contribution in [2.24, 2.45) is 0 Å². The molecule has 2 aromatic rings. The van der Waals surface area contributed by atoms with Gasteiger partial charge in [-0.2, -0.15) is 0 Å². The first kappa shape index (κ1) is 19.6. The van der Waals surface area contributed by atoms with Crippen LogP contribution in [0.2, 0.25) is 5.02 Å². The molecule has 1 N–H and O–H groups in total. The lowest BCUT2D eigenvalue weighted by Gasteiger charge is -2.36. The van der Waals surface area contributed by atoms with Crippen LogP contribution < -0.4 is 0 Å². The lowest BCUT2D eigenvalue weighted by Crippen LogP contribution is -2.52. The molecule has 7 heteroatoms. The molecule has 142 valence electrons. The number of rotatable bonds is 4. The van der Waals surface area contributed by atoms with Crippen molar-refractivity contribution in [2.75, 3.05) is 26.2 Å². The molecule has 1 aliphatic rings. The van der Waals surface area contributed by atoms with Crippen LogP contribution in [0, 0.1) is 0 Å². The number of hydrogen-bond donors (Lipinski definition) is 1. The summed E-state index contributed by atoms with van der Waals surface area (Å²) in [6.07, 6.45) is 0. The first-order valence-corrected chi connectivity index (χ1v) is 9.99. The number of carbonyl (C=O) groups excluding carboxylic acids is 2. The Morgan fingerprint density at radius 2 is 1.52 bits per heavy atom. The van der Waals surface area contributed by atoms with Crippen LogP contribution in [0.1, 0.15) is 17.3 Å². The second-order valence-corrected chi connectivity index (χ2v) is 8.23. The molecule has 1 saturated heterocycles. The number of halogens is 1. The fraction of sp³-hybridized carbons (Fsp3) is 0.300. The van der Waals surface area contributed by atoms with Crippen molar-refractivity contribution in [1.82, 2.24) is 9.80 Å². The summed E-state index contributed by atoms with van der Waals surface area (Å²) in [6, 6.07) is 13.7. The molecule has 0 aliphatic carbocycles. The second-order valence-electron chi connectivity index (χ2n) is 6.38. The molecule has 2 aromatic carbocycles. The number of piperazine rings is 1. The number of nitrogens with zero attached hydrogens (tertiary/aromatic N) is 2. The van der Waals surface area contributed by atoms with Gasteiger partial charge in [0.1, 0.15) is 5.75 Å². The van der Waals surface area contributed by atoms with Gasteiger partial charge < -0.3 is 14.9 Å². The maximum atomic E-state index is 12.7. The molecule has 5 nitrogen and oxygen atoms in total. The van der Waals surface area contributed by atoms with Gasteiger partial charge in [0.2, 0.25) is 5.91 Å². The van der Waals surface area contributed by atoms with E-state index >= 15 is 0 Å². The summed E-state index contributed by atoms with van der Waals surface area (Å²) in [5.74, 6) is 0.131. The minimum atomic E-state index is -0.203. The van der Waals surface area contributed by atoms with Crippen LogP contribution in [0.3, 0.4) is 0 Å². The van der Waals surface area contributed by atoms with E-state index < -0.39 is 0 Å². The summed E-state index contributed by atoms with van der Waals surface area (Å²) in [6.45, 7) is 3.95. The molecule has 0 spiro atoms. The van der Waals surface area contributed by atoms with Crippen molar-refractivity contribution in [3.8, 4) is 5.75 Å². The number of phenols is 1. The highest BCUT2D eigenvalue weighted by Crippen LogP contribution is 2.26. The molecule has 1 atom stereocenters. The normalized spacial score (nSPS) is 15.5. The third kappa shape index (κ3) is 4.96. The molecular weight excluding hydrogens is 384 g/mol. The Morgan fingerprint density at radius 1 is 0.963 bits per heavy atom. The molecule has 0 radical (unpaired) electrons. The molecule has 1 heterocycles. The zero-order valence-corrected chi connectivity index (χ0v) is 16.5. The van der Waals surface area contributed by atoms with Crippen LogP contribution in [-0.4, -0.2) is 58.1 Å². The minimum Gasteiger partial charge on any atom is -0.508 e. The van der Waals surface area contributed by atoms with Crippen molar-refractivity contribution < 1.29 is 14.7 Å². The largest absolute Gasteiger partial charge is 0.508 e. The van der Waals surface area contributed by atoms with Crippen molar-refractivity contribution in [1.29, 1.82) is 0 Å². The summed E-state index contributed by atoms with van der Waals surface area (Å²) in [5, 5.41) is 9.81. The van der Waals surface area contributed by atoms with E-state index in [9.17, 15) is 14.7 Å². The average Bonchev–Trinajstić information content (AvgIpc) is 2.69. The van der Waals surface area contributed by atoms with Gasteiger partial charge in [0.05, 0.1) is 5.25 Å². The molecule has 3 rings (SSSR count). The summed E-state index contributed by atoms with van der Waals surface area (Å²) in [4.78, 5) is 29.8. The summed E-state index contributed by atoms with van der Waals surface area (Å²) < 4.78 is 0. The highest BCUT2D eigenvalue weighted by atomic mass is 35.5. The van der Waals surface area contributed by atoms with Crippen LogP contribution in [0.25, 0.3) is 0 Å². The maximum absolute atomic E-state index is 12.7. The van der Waals surface area contributed by atoms with Crippen LogP contribution >= 0.6 is 23.4 Å². The Balaban J connectivity index is 1.53. The average molecular weight is 405 g/mol. The van der Waals surface area contributed by atoms with Crippen molar-refractivity contribution >= 4 is 35.2 Å². The number of carbonyl (C=O) groups is 2. The van der Waals surface area contributed by atoms with Gasteiger partial charge in [-0.3, -0.25) is 9.59 Å². The number of hydrogen-bond acceptors (Lipinski definition) is 4. The quantitative estimate of drug-likeness (QED) is 0.792. The number of benzene rings is 2. The number of thioether (sulfide) groups is 1. The number of aromatic hydroxyl groups is 1. The van der Waals surface area contributed by atoms with E-state index in [1.165, 1.54) is 23.9 Å². The van der Waals surface area contributed by atoms with Gasteiger partial charge in [-0.05, 0) is 55.5 Å². The standard InChI is InChI=1S/C20H21ClN2O3S/c1-14(27-18-8-4-16(21)5-9-18)19(25)22-10-12-23(13-11-22)20(26)15-2-6-17(24)7-3-15/h2-9,14,24H,10-13H2,1H3. The Bertz CT molecular complexity index is 803. The maximum Gasteiger partial charge on any atom is 0.253 e. The van der Waals surface area contributed by atoms with Crippen molar-refractivity contribution in [3.05, 3.63) is 59.1 Å². The van der Waals surface area contributed by atoms with Gasteiger partial charge in [0, 0.05) is 41.7 Å². The third-order valence-corrected chi connectivity index (χ3v) is 5.82. The predicted octanol–water partition coefficient (Wildman–Crippen LogP) is 3.51. The lowest BCUT2D eigenvalue weighted by molar-refractivity contribution is -0.131. The molecule has 1 unspecified atom stereocenters. The molecular formula is C20H21ClN2O3S. The van der Waals surface area contributed by atoms with Gasteiger partial charge in [0.25, 0.3) is 5.91 Å². The van der Waals surface area contributed by atoms with Gasteiger partial charge in [0.15, 0.2) is 0 Å². The van der Waals surface area contributed by atoms with E-state index in [0.29, 0.717) is 36.8 Å². The van der Waals surface area contributed by atoms with Crippen LogP contribution in [0.15, 0.2) is 53.4 Å². The van der Waals surface area contributed by atoms with Crippen LogP contribution in [0.4, 0.5) is 0 Å². The summed E-state index contributed by atoms with van der Waals surface area (Å²) >= 11 is 7.40. The van der Waals surface area contributed by atoms with Crippen LogP contribution in [-0.2, 0) is 4.79 Å². The Morgan fingerprint density at radius 3 is 2.11 bits per heavy atom. The molecule has 2 amide bonds. The molecule has 1 aliphatic heterocycles. The predicted molar refractivity (Wildman–Crippen MR) is 107 cm³/mol. The molecule has 0 saturated carbocycles. The Hall–Kier alpha value is -2.18. The van der Waals surface area contributed by atoms with Crippen molar-refractivity contribution in [3.63, 3.8) is 0 Å². The van der Waals surface area contributed by atoms with E-state index in [0.717, 1.165) is 4.90 Å². The topological polar surface area (TPSA) is 60.9 Å². The first-order valence-electron chi connectivity index (χ1n) is 8.73. The molecule has 0 aromatic heterocycles. The highest BCUT2D eigenvalue weighted by Gasteiger charge is 2.27. The lowest BCUT2D eigenvalue weighted by atomic mass is 10.1. The van der Waals surface area contributed by atoms with E-state index in [1.54, 1.807) is 17.0 Å². The van der Waals surface area contributed by atoms with Gasteiger partial charge in [-0.15, -0.1) is 11.8 Å². The monoisotopic (exact) mass is 404 g/mol. The summed E-state index contributed by atoms with van der Waals surface area (Å²) in [5.41, 5.74) is 0.541. The molecule has 1 fully saturated rings. The fourth-order valence-corrected chi connectivity index (χ4v) is 4.02. The Labute approximate surface area is 167 Å². The number of amides is 2. The smallest absolute Gasteiger partial charge is 0.253 e. The third-order valence-electron chi connectivity index (χ3n) is 4.47. The van der Waals surface area contributed by atoms with E-state index in [1.807, 2.05) is 36.1 Å². The molecule has 0 bridgehead atoms. The van der Waals surface area contributed by atoms with Gasteiger partial charge in [-0.1, -0.05) is 11.6 Å². The van der Waals surface area contributed by atoms with E-state index in [-0.39, 0.29) is 22.8 Å². The number of phenolic OH excluding ortho intramolecular Hbond substituents is 1.